The Kier molecular flexibility index (Phi) is 6.60. The van der Waals surface area contributed by atoms with Crippen molar-refractivity contribution in [2.75, 3.05) is 24.3 Å². The minimum atomic E-state index is -0.167. The Balaban J connectivity index is 1.94. The second-order valence-electron chi connectivity index (χ2n) is 6.29. The second-order valence-corrected chi connectivity index (χ2v) is 6.29. The van der Waals surface area contributed by atoms with Crippen molar-refractivity contribution in [1.29, 1.82) is 0 Å². The first-order valence-electron chi connectivity index (χ1n) is 8.48. The standard InChI is InChI=1S/C20H25N3O3/c1-13(2)22-20(25)15-8-9-18(14(3)10-15)21-12-19(24)23-16-6-5-7-17(11-16)26-4/h5-11,13,21H,12H2,1-4H3,(H,22,25)(H,23,24). The number of carbonyl (C=O) groups excluding carboxylic acids is 2. The summed E-state index contributed by atoms with van der Waals surface area (Å²) in [5.41, 5.74) is 2.98. The first-order chi connectivity index (χ1) is 12.4. The highest BCUT2D eigenvalue weighted by atomic mass is 16.5. The van der Waals surface area contributed by atoms with Gasteiger partial charge < -0.3 is 20.7 Å². The molecule has 0 aliphatic heterocycles. The van der Waals surface area contributed by atoms with Crippen molar-refractivity contribution in [2.24, 2.45) is 0 Å². The van der Waals surface area contributed by atoms with Crippen molar-refractivity contribution in [2.45, 2.75) is 26.8 Å². The van der Waals surface area contributed by atoms with Crippen LogP contribution in [0.25, 0.3) is 0 Å². The predicted molar refractivity (Wildman–Crippen MR) is 104 cm³/mol. The molecule has 3 N–H and O–H groups in total. The Labute approximate surface area is 153 Å². The average Bonchev–Trinajstić information content (AvgIpc) is 2.60. The maximum absolute atomic E-state index is 12.1. The van der Waals surface area contributed by atoms with E-state index in [1.54, 1.807) is 31.4 Å². The molecule has 2 rings (SSSR count). The summed E-state index contributed by atoms with van der Waals surface area (Å²) in [4.78, 5) is 24.1. The van der Waals surface area contributed by atoms with Crippen molar-refractivity contribution < 1.29 is 14.3 Å². The molecule has 0 aromatic heterocycles. The number of hydrogen-bond donors (Lipinski definition) is 3. The summed E-state index contributed by atoms with van der Waals surface area (Å²) in [5.74, 6) is 0.409. The summed E-state index contributed by atoms with van der Waals surface area (Å²) in [6.07, 6.45) is 0. The van der Waals surface area contributed by atoms with E-state index in [-0.39, 0.29) is 24.4 Å². The predicted octanol–water partition coefficient (Wildman–Crippen LogP) is 3.19. The van der Waals surface area contributed by atoms with Gasteiger partial charge in [0, 0.05) is 29.0 Å². The molecule has 0 spiro atoms. The monoisotopic (exact) mass is 355 g/mol. The van der Waals surface area contributed by atoms with Crippen LogP contribution in [0.3, 0.4) is 0 Å². The molecule has 2 aromatic carbocycles. The lowest BCUT2D eigenvalue weighted by atomic mass is 10.1. The van der Waals surface area contributed by atoms with Crippen LogP contribution in [-0.4, -0.2) is 31.5 Å². The number of carbonyl (C=O) groups is 2. The van der Waals surface area contributed by atoms with E-state index in [2.05, 4.69) is 16.0 Å². The van der Waals surface area contributed by atoms with Crippen LogP contribution in [0.5, 0.6) is 5.75 Å². The Hall–Kier alpha value is -3.02. The van der Waals surface area contributed by atoms with Crippen LogP contribution in [0.2, 0.25) is 0 Å². The molecule has 0 atom stereocenters. The van der Waals surface area contributed by atoms with E-state index in [1.165, 1.54) is 0 Å². The minimum absolute atomic E-state index is 0.0842. The zero-order valence-electron chi connectivity index (χ0n) is 15.6. The van der Waals surface area contributed by atoms with Crippen molar-refractivity contribution >= 4 is 23.2 Å². The normalized spacial score (nSPS) is 10.3. The van der Waals surface area contributed by atoms with Gasteiger partial charge in [-0.3, -0.25) is 9.59 Å². The third-order valence-corrected chi connectivity index (χ3v) is 3.70. The summed E-state index contributed by atoms with van der Waals surface area (Å²) in [6.45, 7) is 5.85. The van der Waals surface area contributed by atoms with Gasteiger partial charge in [0.05, 0.1) is 13.7 Å². The molecular weight excluding hydrogens is 330 g/mol. The molecule has 0 bridgehead atoms. The molecule has 0 heterocycles. The first kappa shape index (κ1) is 19.3. The Bertz CT molecular complexity index is 788. The number of rotatable bonds is 7. The van der Waals surface area contributed by atoms with Crippen molar-refractivity contribution in [1.82, 2.24) is 5.32 Å². The largest absolute Gasteiger partial charge is 0.497 e. The average molecular weight is 355 g/mol. The number of benzene rings is 2. The number of anilines is 2. The smallest absolute Gasteiger partial charge is 0.251 e. The van der Waals surface area contributed by atoms with Gasteiger partial charge >= 0.3 is 0 Å². The van der Waals surface area contributed by atoms with Gasteiger partial charge in [-0.25, -0.2) is 0 Å². The molecule has 0 aliphatic rings. The van der Waals surface area contributed by atoms with Gasteiger partial charge in [-0.1, -0.05) is 6.07 Å². The molecule has 26 heavy (non-hydrogen) atoms. The van der Waals surface area contributed by atoms with Gasteiger partial charge in [0.2, 0.25) is 5.91 Å². The van der Waals surface area contributed by atoms with Gasteiger partial charge in [0.1, 0.15) is 5.75 Å². The van der Waals surface area contributed by atoms with Crippen molar-refractivity contribution in [3.05, 3.63) is 53.6 Å². The molecule has 2 aromatic rings. The third kappa shape index (κ3) is 5.51. The number of aryl methyl sites for hydroxylation is 1. The third-order valence-electron chi connectivity index (χ3n) is 3.70. The van der Waals surface area contributed by atoms with Crippen LogP contribution < -0.4 is 20.7 Å². The van der Waals surface area contributed by atoms with Crippen molar-refractivity contribution in [3.8, 4) is 5.75 Å². The zero-order valence-corrected chi connectivity index (χ0v) is 15.6. The van der Waals surface area contributed by atoms with E-state index in [0.717, 1.165) is 11.3 Å². The fourth-order valence-electron chi connectivity index (χ4n) is 2.43. The highest BCUT2D eigenvalue weighted by Gasteiger charge is 2.10. The second kappa shape index (κ2) is 8.89. The number of methoxy groups -OCH3 is 1. The van der Waals surface area contributed by atoms with E-state index in [1.807, 2.05) is 39.0 Å². The lowest BCUT2D eigenvalue weighted by Gasteiger charge is -2.13. The molecule has 0 unspecified atom stereocenters. The molecule has 0 saturated heterocycles. The molecule has 0 fully saturated rings. The molecule has 2 amide bonds. The van der Waals surface area contributed by atoms with E-state index in [4.69, 9.17) is 4.74 Å². The Morgan fingerprint density at radius 3 is 2.54 bits per heavy atom. The van der Waals surface area contributed by atoms with Gasteiger partial charge in [-0.05, 0) is 56.7 Å². The number of ether oxygens (including phenoxy) is 1. The van der Waals surface area contributed by atoms with Crippen LogP contribution in [0.4, 0.5) is 11.4 Å². The summed E-state index contributed by atoms with van der Waals surface area (Å²) < 4.78 is 5.14. The van der Waals surface area contributed by atoms with E-state index in [0.29, 0.717) is 17.0 Å². The highest BCUT2D eigenvalue weighted by Crippen LogP contribution is 2.18. The fourth-order valence-corrected chi connectivity index (χ4v) is 2.43. The quantitative estimate of drug-likeness (QED) is 0.713. The molecule has 0 radical (unpaired) electrons. The summed E-state index contributed by atoms with van der Waals surface area (Å²) in [6, 6.07) is 12.6. The Morgan fingerprint density at radius 1 is 1.12 bits per heavy atom. The van der Waals surface area contributed by atoms with Crippen LogP contribution >= 0.6 is 0 Å². The maximum atomic E-state index is 12.1. The van der Waals surface area contributed by atoms with Gasteiger partial charge in [-0.15, -0.1) is 0 Å². The van der Waals surface area contributed by atoms with Crippen LogP contribution in [0.1, 0.15) is 29.8 Å². The summed E-state index contributed by atoms with van der Waals surface area (Å²) in [5, 5.41) is 8.76. The van der Waals surface area contributed by atoms with Gasteiger partial charge in [0.25, 0.3) is 5.91 Å². The molecule has 6 heteroatoms. The van der Waals surface area contributed by atoms with Gasteiger partial charge in [-0.2, -0.15) is 0 Å². The van der Waals surface area contributed by atoms with Crippen LogP contribution in [0.15, 0.2) is 42.5 Å². The Morgan fingerprint density at radius 2 is 1.88 bits per heavy atom. The SMILES string of the molecule is COc1cccc(NC(=O)CNc2ccc(C(=O)NC(C)C)cc2C)c1. The van der Waals surface area contributed by atoms with E-state index < -0.39 is 0 Å². The molecular formula is C20H25N3O3. The van der Waals surface area contributed by atoms with Gasteiger partial charge in [0.15, 0.2) is 0 Å². The summed E-state index contributed by atoms with van der Waals surface area (Å²) >= 11 is 0. The number of hydrogen-bond acceptors (Lipinski definition) is 4. The van der Waals surface area contributed by atoms with Crippen molar-refractivity contribution in [3.63, 3.8) is 0 Å². The lowest BCUT2D eigenvalue weighted by Crippen LogP contribution is -2.30. The number of amides is 2. The fraction of sp³-hybridized carbons (Fsp3) is 0.300. The molecule has 6 nitrogen and oxygen atoms in total. The van der Waals surface area contributed by atoms with E-state index >= 15 is 0 Å². The van der Waals surface area contributed by atoms with Crippen LogP contribution in [0, 0.1) is 6.92 Å². The zero-order chi connectivity index (χ0) is 19.1. The summed E-state index contributed by atoms with van der Waals surface area (Å²) in [7, 11) is 1.58. The van der Waals surface area contributed by atoms with Crippen LogP contribution in [-0.2, 0) is 4.79 Å². The topological polar surface area (TPSA) is 79.5 Å². The molecule has 138 valence electrons. The maximum Gasteiger partial charge on any atom is 0.251 e. The first-order valence-corrected chi connectivity index (χ1v) is 8.48. The molecule has 0 aliphatic carbocycles. The highest BCUT2D eigenvalue weighted by molar-refractivity contribution is 5.96. The number of nitrogens with one attached hydrogen (secondary N) is 3. The van der Waals surface area contributed by atoms with E-state index in [9.17, 15) is 9.59 Å². The molecule has 0 saturated carbocycles. The lowest BCUT2D eigenvalue weighted by molar-refractivity contribution is -0.114. The minimum Gasteiger partial charge on any atom is -0.497 e.